The smallest absolute Gasteiger partial charge is 0.298 e. The lowest BCUT2D eigenvalue weighted by atomic mass is 9.99. The summed E-state index contributed by atoms with van der Waals surface area (Å²) in [6.07, 6.45) is 9.34. The lowest BCUT2D eigenvalue weighted by molar-refractivity contribution is -0.304. The number of amidine groups is 1. The van der Waals surface area contributed by atoms with Crippen LogP contribution >= 0.6 is 0 Å². The number of hydrogen-bond donors (Lipinski definition) is 0. The molecule has 8 rings (SSSR count). The second-order valence-electron chi connectivity index (χ2n) is 10.1. The highest BCUT2D eigenvalue weighted by molar-refractivity contribution is 6.20. The molecule has 0 fully saturated rings. The Morgan fingerprint density at radius 2 is 1.60 bits per heavy atom. The lowest BCUT2D eigenvalue weighted by Crippen LogP contribution is -2.21. The van der Waals surface area contributed by atoms with E-state index in [0.29, 0.717) is 5.89 Å². The minimum atomic E-state index is 0.0939. The first-order valence-corrected chi connectivity index (χ1v) is 13.6. The van der Waals surface area contributed by atoms with Crippen LogP contribution in [0.25, 0.3) is 55.5 Å². The molecular weight excluding hydrogens is 492 g/mol. The summed E-state index contributed by atoms with van der Waals surface area (Å²) in [7, 11) is 0. The first-order valence-electron chi connectivity index (χ1n) is 13.6. The van der Waals surface area contributed by atoms with Crippen LogP contribution in [0.4, 0.5) is 5.69 Å². The Morgan fingerprint density at radius 3 is 2.45 bits per heavy atom. The van der Waals surface area contributed by atoms with Gasteiger partial charge in [-0.2, -0.15) is 4.58 Å². The molecule has 1 atom stereocenters. The Balaban J connectivity index is 1.31. The van der Waals surface area contributed by atoms with Gasteiger partial charge in [-0.3, -0.25) is 0 Å². The van der Waals surface area contributed by atoms with E-state index in [2.05, 4.69) is 84.3 Å². The van der Waals surface area contributed by atoms with Crippen LogP contribution in [0.15, 0.2) is 125 Å². The normalized spacial score (nSPS) is 16.3. The molecule has 5 nitrogen and oxygen atoms in total. The summed E-state index contributed by atoms with van der Waals surface area (Å²) in [5.74, 6) is 1.71. The molecule has 1 unspecified atom stereocenters. The molecule has 0 amide bonds. The highest BCUT2D eigenvalue weighted by Crippen LogP contribution is 2.38. The Morgan fingerprint density at radius 1 is 0.775 bits per heavy atom. The van der Waals surface area contributed by atoms with Crippen molar-refractivity contribution in [2.75, 3.05) is 0 Å². The molecule has 40 heavy (non-hydrogen) atoms. The van der Waals surface area contributed by atoms with Gasteiger partial charge in [0, 0.05) is 27.3 Å². The van der Waals surface area contributed by atoms with Crippen LogP contribution in [-0.2, 0) is 0 Å². The molecule has 1 aliphatic carbocycles. The van der Waals surface area contributed by atoms with Gasteiger partial charge in [-0.25, -0.2) is 9.97 Å². The Hall–Kier alpha value is -5.16. The van der Waals surface area contributed by atoms with Crippen molar-refractivity contribution >= 4 is 50.0 Å². The van der Waals surface area contributed by atoms with Crippen LogP contribution in [-0.4, -0.2) is 32.1 Å². The van der Waals surface area contributed by atoms with Crippen LogP contribution < -0.4 is 0 Å². The van der Waals surface area contributed by atoms with Gasteiger partial charge < -0.3 is 4.42 Å². The van der Waals surface area contributed by atoms with Gasteiger partial charge in [0.25, 0.3) is 5.84 Å². The number of rotatable bonds is 4. The minimum Gasteiger partial charge on any atom is -0.436 e. The summed E-state index contributed by atoms with van der Waals surface area (Å²) < 4.78 is 8.51. The van der Waals surface area contributed by atoms with Gasteiger partial charge in [-0.05, 0) is 66.7 Å². The highest BCUT2D eigenvalue weighted by atomic mass is 16.3. The van der Waals surface area contributed by atoms with E-state index in [9.17, 15) is 0 Å². The Labute approximate surface area is 231 Å². The standard InChI is InChI=1S/C35H25N4O/c1-2-31-36-28-14-8-9-15-29(28)39(31)24-18-16-22(17-19-24)33-26-20-21-30-34(32(26)25-12-6-7-13-27(25)37-33)38-35(40-30)23-10-4-3-5-11-23/h3-21,28H,2H2,1H3/q+1. The number of fused-ring (bicyclic) bond motifs is 6. The molecule has 0 saturated heterocycles. The molecular formula is C35H25N4O+. The summed E-state index contributed by atoms with van der Waals surface area (Å²) in [5, 5.41) is 3.18. The zero-order valence-corrected chi connectivity index (χ0v) is 22.0. The van der Waals surface area contributed by atoms with E-state index in [4.69, 9.17) is 19.4 Å². The van der Waals surface area contributed by atoms with Crippen molar-refractivity contribution in [1.29, 1.82) is 0 Å². The summed E-state index contributed by atoms with van der Waals surface area (Å²) in [6, 6.07) is 31.2. The van der Waals surface area contributed by atoms with Crippen molar-refractivity contribution in [2.45, 2.75) is 19.4 Å². The summed E-state index contributed by atoms with van der Waals surface area (Å²) in [6.45, 7) is 2.16. The number of aromatic nitrogens is 2. The van der Waals surface area contributed by atoms with Crippen molar-refractivity contribution in [1.82, 2.24) is 9.97 Å². The van der Waals surface area contributed by atoms with Crippen LogP contribution in [0.3, 0.4) is 0 Å². The Bertz CT molecular complexity index is 2080. The quantitative estimate of drug-likeness (QED) is 0.175. The second kappa shape index (κ2) is 8.95. The SMILES string of the molecule is CCC1=NC2C=CC=CC2=[N+]1c1ccc(-c2nc3ccccc3c3c2ccc2oc(-c4ccccc4)nc23)cc1. The number of allylic oxidation sites excluding steroid dienone is 2. The predicted octanol–water partition coefficient (Wildman–Crippen LogP) is 8.26. The molecule has 6 aromatic rings. The fourth-order valence-electron chi connectivity index (χ4n) is 5.87. The van der Waals surface area contributed by atoms with E-state index in [1.54, 1.807) is 0 Å². The summed E-state index contributed by atoms with van der Waals surface area (Å²) in [5.41, 5.74) is 7.81. The monoisotopic (exact) mass is 517 g/mol. The zero-order chi connectivity index (χ0) is 26.6. The molecule has 0 saturated carbocycles. The minimum absolute atomic E-state index is 0.0939. The van der Waals surface area contributed by atoms with Crippen molar-refractivity contribution in [3.8, 4) is 22.7 Å². The summed E-state index contributed by atoms with van der Waals surface area (Å²) >= 11 is 0. The van der Waals surface area contributed by atoms with Gasteiger partial charge in [0.15, 0.2) is 11.3 Å². The molecule has 0 bridgehead atoms. The van der Waals surface area contributed by atoms with Crippen LogP contribution in [0, 0.1) is 0 Å². The zero-order valence-electron chi connectivity index (χ0n) is 22.0. The number of oxazole rings is 1. The van der Waals surface area contributed by atoms with E-state index in [1.165, 1.54) is 5.71 Å². The third-order valence-electron chi connectivity index (χ3n) is 7.74. The molecule has 4 aromatic carbocycles. The van der Waals surface area contributed by atoms with Crippen molar-refractivity contribution in [3.63, 3.8) is 0 Å². The van der Waals surface area contributed by atoms with Crippen molar-refractivity contribution < 1.29 is 8.99 Å². The first kappa shape index (κ1) is 22.8. The average Bonchev–Trinajstić information content (AvgIpc) is 3.63. The number of hydrogen-bond acceptors (Lipinski definition) is 4. The van der Waals surface area contributed by atoms with E-state index < -0.39 is 0 Å². The van der Waals surface area contributed by atoms with Gasteiger partial charge in [-0.15, -0.1) is 0 Å². The van der Waals surface area contributed by atoms with Gasteiger partial charge in [0.05, 0.1) is 17.6 Å². The molecule has 2 aromatic heterocycles. The predicted molar refractivity (Wildman–Crippen MR) is 162 cm³/mol. The summed E-state index contributed by atoms with van der Waals surface area (Å²) in [4.78, 5) is 15.1. The maximum Gasteiger partial charge on any atom is 0.298 e. The molecule has 3 heterocycles. The van der Waals surface area contributed by atoms with Gasteiger partial charge in [-0.1, -0.05) is 60.5 Å². The third kappa shape index (κ3) is 3.48. The van der Waals surface area contributed by atoms with E-state index in [1.807, 2.05) is 42.5 Å². The molecule has 0 spiro atoms. The number of aliphatic imine (C=N–C) groups is 1. The van der Waals surface area contributed by atoms with E-state index >= 15 is 0 Å². The van der Waals surface area contributed by atoms with Crippen LogP contribution in [0.2, 0.25) is 0 Å². The van der Waals surface area contributed by atoms with Crippen LogP contribution in [0.5, 0.6) is 0 Å². The lowest BCUT2D eigenvalue weighted by Gasteiger charge is -2.11. The number of nitrogens with zero attached hydrogens (tertiary/aromatic N) is 4. The van der Waals surface area contributed by atoms with Gasteiger partial charge in [0.1, 0.15) is 11.2 Å². The van der Waals surface area contributed by atoms with Crippen molar-refractivity contribution in [2.24, 2.45) is 4.99 Å². The average molecular weight is 518 g/mol. The van der Waals surface area contributed by atoms with E-state index in [0.717, 1.165) is 67.5 Å². The molecule has 2 aliphatic rings. The molecule has 190 valence electrons. The number of pyridine rings is 1. The first-order chi connectivity index (χ1) is 19.8. The molecule has 0 radical (unpaired) electrons. The number of para-hydroxylation sites is 1. The molecule has 5 heteroatoms. The maximum absolute atomic E-state index is 6.23. The fraction of sp³-hybridized carbons (Fsp3) is 0.0857. The molecule has 0 N–H and O–H groups in total. The second-order valence-corrected chi connectivity index (χ2v) is 10.1. The fourth-order valence-corrected chi connectivity index (χ4v) is 5.87. The number of benzene rings is 4. The topological polar surface area (TPSA) is 54.3 Å². The maximum atomic E-state index is 6.23. The van der Waals surface area contributed by atoms with Gasteiger partial charge in [0.2, 0.25) is 11.9 Å². The molecule has 1 aliphatic heterocycles. The van der Waals surface area contributed by atoms with Gasteiger partial charge >= 0.3 is 0 Å². The third-order valence-corrected chi connectivity index (χ3v) is 7.74. The van der Waals surface area contributed by atoms with Crippen LogP contribution in [0.1, 0.15) is 13.3 Å². The van der Waals surface area contributed by atoms with Crippen molar-refractivity contribution in [3.05, 3.63) is 115 Å². The van der Waals surface area contributed by atoms with E-state index in [-0.39, 0.29) is 6.04 Å². The largest absolute Gasteiger partial charge is 0.436 e. The highest BCUT2D eigenvalue weighted by Gasteiger charge is 2.35. The Kier molecular flexibility index (Phi) is 5.10.